The van der Waals surface area contributed by atoms with Crippen molar-refractivity contribution in [2.24, 2.45) is 0 Å². The van der Waals surface area contributed by atoms with Crippen molar-refractivity contribution in [3.8, 4) is 33.6 Å². The molecular formula is C23H15FN4. The number of hydrogen-bond acceptors (Lipinski definition) is 3. The highest BCUT2D eigenvalue weighted by molar-refractivity contribution is 5.72. The predicted octanol–water partition coefficient (Wildman–Crippen LogP) is 5.26. The highest BCUT2D eigenvalue weighted by Crippen LogP contribution is 2.27. The molecule has 0 unspecified atom stereocenters. The van der Waals surface area contributed by atoms with Crippen LogP contribution in [0.4, 0.5) is 4.39 Å². The number of pyridine rings is 3. The largest absolute Gasteiger partial charge is 0.300 e. The standard InChI is InChI=1S/C23H15FN4/c24-20-5-1-3-17(11-20)21-12-18(6-9-26-21)22-15-27-23-13-16(7-10-28(22)23)19-4-2-8-25-14-19/h1-15H. The van der Waals surface area contributed by atoms with E-state index in [-0.39, 0.29) is 5.82 Å². The van der Waals surface area contributed by atoms with Crippen molar-refractivity contribution < 1.29 is 4.39 Å². The topological polar surface area (TPSA) is 43.1 Å². The molecule has 0 atom stereocenters. The molecule has 4 aromatic heterocycles. The number of imidazole rings is 1. The van der Waals surface area contributed by atoms with Crippen LogP contribution in [-0.2, 0) is 0 Å². The third-order valence-corrected chi connectivity index (χ3v) is 4.68. The Morgan fingerprint density at radius 1 is 0.714 bits per heavy atom. The molecule has 1 aromatic carbocycles. The maximum absolute atomic E-state index is 13.6. The molecule has 4 heterocycles. The average Bonchev–Trinajstić information content (AvgIpc) is 3.18. The zero-order chi connectivity index (χ0) is 18.9. The minimum Gasteiger partial charge on any atom is -0.300 e. The van der Waals surface area contributed by atoms with Crippen LogP contribution < -0.4 is 0 Å². The molecule has 0 saturated heterocycles. The van der Waals surface area contributed by atoms with Crippen LogP contribution >= 0.6 is 0 Å². The number of aromatic nitrogens is 4. The Morgan fingerprint density at radius 2 is 1.64 bits per heavy atom. The highest BCUT2D eigenvalue weighted by atomic mass is 19.1. The summed E-state index contributed by atoms with van der Waals surface area (Å²) in [4.78, 5) is 13.1. The second-order valence-electron chi connectivity index (χ2n) is 6.47. The molecule has 5 aromatic rings. The first kappa shape index (κ1) is 16.3. The van der Waals surface area contributed by atoms with Gasteiger partial charge in [-0.25, -0.2) is 9.37 Å². The normalized spacial score (nSPS) is 11.0. The van der Waals surface area contributed by atoms with E-state index in [0.717, 1.165) is 39.3 Å². The van der Waals surface area contributed by atoms with Gasteiger partial charge in [0, 0.05) is 41.5 Å². The minimum atomic E-state index is -0.276. The first-order valence-electron chi connectivity index (χ1n) is 8.88. The van der Waals surface area contributed by atoms with Gasteiger partial charge in [0.25, 0.3) is 0 Å². The van der Waals surface area contributed by atoms with Crippen molar-refractivity contribution in [3.05, 3.63) is 97.5 Å². The second kappa shape index (κ2) is 6.70. The molecule has 5 heteroatoms. The fourth-order valence-corrected chi connectivity index (χ4v) is 3.30. The Balaban J connectivity index is 1.58. The van der Waals surface area contributed by atoms with E-state index in [4.69, 9.17) is 0 Å². The van der Waals surface area contributed by atoms with E-state index >= 15 is 0 Å². The Morgan fingerprint density at radius 3 is 2.50 bits per heavy atom. The van der Waals surface area contributed by atoms with Crippen molar-refractivity contribution in [1.29, 1.82) is 0 Å². The molecule has 0 N–H and O–H groups in total. The number of benzene rings is 1. The van der Waals surface area contributed by atoms with E-state index < -0.39 is 0 Å². The number of nitrogens with zero attached hydrogens (tertiary/aromatic N) is 4. The van der Waals surface area contributed by atoms with Gasteiger partial charge in [0.05, 0.1) is 17.6 Å². The number of halogens is 1. The van der Waals surface area contributed by atoms with Gasteiger partial charge in [0.1, 0.15) is 11.5 Å². The summed E-state index contributed by atoms with van der Waals surface area (Å²) in [5.41, 5.74) is 6.34. The molecule has 28 heavy (non-hydrogen) atoms. The summed E-state index contributed by atoms with van der Waals surface area (Å²) in [6.45, 7) is 0. The SMILES string of the molecule is Fc1cccc(-c2cc(-c3cnc4cc(-c5cccnc5)ccn34)ccn2)c1. The maximum atomic E-state index is 13.6. The molecule has 0 aliphatic heterocycles. The van der Waals surface area contributed by atoms with Crippen LogP contribution in [-0.4, -0.2) is 19.4 Å². The van der Waals surface area contributed by atoms with Crippen molar-refractivity contribution >= 4 is 5.65 Å². The Hall–Kier alpha value is -3.86. The molecule has 0 radical (unpaired) electrons. The van der Waals surface area contributed by atoms with Gasteiger partial charge >= 0.3 is 0 Å². The molecule has 0 bridgehead atoms. The molecular weight excluding hydrogens is 351 g/mol. The van der Waals surface area contributed by atoms with Crippen LogP contribution in [0.3, 0.4) is 0 Å². The summed E-state index contributed by atoms with van der Waals surface area (Å²) >= 11 is 0. The van der Waals surface area contributed by atoms with E-state index in [2.05, 4.69) is 15.0 Å². The number of fused-ring (bicyclic) bond motifs is 1. The predicted molar refractivity (Wildman–Crippen MR) is 107 cm³/mol. The molecule has 0 fully saturated rings. The summed E-state index contributed by atoms with van der Waals surface area (Å²) < 4.78 is 15.6. The lowest BCUT2D eigenvalue weighted by molar-refractivity contribution is 0.628. The lowest BCUT2D eigenvalue weighted by Gasteiger charge is -2.07. The van der Waals surface area contributed by atoms with Gasteiger partial charge in [0.15, 0.2) is 0 Å². The first-order chi connectivity index (χ1) is 13.8. The van der Waals surface area contributed by atoms with Crippen LogP contribution in [0.25, 0.3) is 39.3 Å². The van der Waals surface area contributed by atoms with Crippen LogP contribution in [0.15, 0.2) is 91.6 Å². The summed E-state index contributed by atoms with van der Waals surface area (Å²) in [6.07, 6.45) is 9.17. The number of rotatable bonds is 3. The average molecular weight is 366 g/mol. The van der Waals surface area contributed by atoms with E-state index in [0.29, 0.717) is 0 Å². The van der Waals surface area contributed by atoms with E-state index in [1.807, 2.05) is 65.5 Å². The van der Waals surface area contributed by atoms with Gasteiger partial charge in [0.2, 0.25) is 0 Å². The third-order valence-electron chi connectivity index (χ3n) is 4.68. The zero-order valence-electron chi connectivity index (χ0n) is 14.8. The van der Waals surface area contributed by atoms with Crippen LogP contribution in [0.5, 0.6) is 0 Å². The highest BCUT2D eigenvalue weighted by Gasteiger charge is 2.10. The maximum Gasteiger partial charge on any atom is 0.137 e. The monoisotopic (exact) mass is 366 g/mol. The molecule has 0 saturated carbocycles. The fourth-order valence-electron chi connectivity index (χ4n) is 3.30. The molecule has 5 rings (SSSR count). The van der Waals surface area contributed by atoms with Gasteiger partial charge in [-0.1, -0.05) is 18.2 Å². The Kier molecular flexibility index (Phi) is 3.91. The van der Waals surface area contributed by atoms with Crippen LogP contribution in [0, 0.1) is 5.82 Å². The van der Waals surface area contributed by atoms with Gasteiger partial charge in [-0.15, -0.1) is 0 Å². The molecule has 134 valence electrons. The third kappa shape index (κ3) is 2.93. The van der Waals surface area contributed by atoms with E-state index in [1.165, 1.54) is 12.1 Å². The van der Waals surface area contributed by atoms with E-state index in [1.54, 1.807) is 18.5 Å². The minimum absolute atomic E-state index is 0.276. The molecule has 4 nitrogen and oxygen atoms in total. The van der Waals surface area contributed by atoms with Crippen molar-refractivity contribution in [2.45, 2.75) is 0 Å². The van der Waals surface area contributed by atoms with Gasteiger partial charge in [-0.2, -0.15) is 0 Å². The van der Waals surface area contributed by atoms with Gasteiger partial charge in [-0.3, -0.25) is 14.4 Å². The quantitative estimate of drug-likeness (QED) is 0.437. The van der Waals surface area contributed by atoms with Gasteiger partial charge in [-0.05, 0) is 48.0 Å². The molecule has 0 spiro atoms. The molecule has 0 amide bonds. The van der Waals surface area contributed by atoms with Crippen molar-refractivity contribution in [3.63, 3.8) is 0 Å². The summed E-state index contributed by atoms with van der Waals surface area (Å²) in [6, 6.07) is 18.4. The summed E-state index contributed by atoms with van der Waals surface area (Å²) in [5.74, 6) is -0.276. The lowest BCUT2D eigenvalue weighted by Crippen LogP contribution is -1.91. The smallest absolute Gasteiger partial charge is 0.137 e. The fraction of sp³-hybridized carbons (Fsp3) is 0. The van der Waals surface area contributed by atoms with Crippen molar-refractivity contribution in [2.75, 3.05) is 0 Å². The Bertz CT molecular complexity index is 1280. The summed E-state index contributed by atoms with van der Waals surface area (Å²) in [5, 5.41) is 0. The molecule has 0 aliphatic carbocycles. The van der Waals surface area contributed by atoms with Gasteiger partial charge < -0.3 is 0 Å². The summed E-state index contributed by atoms with van der Waals surface area (Å²) in [7, 11) is 0. The molecule has 0 aliphatic rings. The second-order valence-corrected chi connectivity index (χ2v) is 6.47. The van der Waals surface area contributed by atoms with Crippen molar-refractivity contribution in [1.82, 2.24) is 19.4 Å². The number of hydrogen-bond donors (Lipinski definition) is 0. The van der Waals surface area contributed by atoms with E-state index in [9.17, 15) is 4.39 Å². The van der Waals surface area contributed by atoms with Crippen LogP contribution in [0.1, 0.15) is 0 Å². The van der Waals surface area contributed by atoms with Crippen LogP contribution in [0.2, 0.25) is 0 Å². The lowest BCUT2D eigenvalue weighted by atomic mass is 10.1. The Labute approximate surface area is 161 Å². The first-order valence-corrected chi connectivity index (χ1v) is 8.88. The zero-order valence-corrected chi connectivity index (χ0v) is 14.8.